The lowest BCUT2D eigenvalue weighted by atomic mass is 9.76. The van der Waals surface area contributed by atoms with Crippen LogP contribution < -0.4 is 21.3 Å². The molecular weight excluding hydrogens is 330 g/mol. The second-order valence-electron chi connectivity index (χ2n) is 8.22. The summed E-state index contributed by atoms with van der Waals surface area (Å²) in [6.45, 7) is 3.71. The molecule has 148 valence electrons. The van der Waals surface area contributed by atoms with E-state index in [1.807, 2.05) is 7.05 Å². The van der Waals surface area contributed by atoms with E-state index in [0.29, 0.717) is 24.9 Å². The normalized spacial score (nSPS) is 42.2. The van der Waals surface area contributed by atoms with Crippen LogP contribution in [0.3, 0.4) is 0 Å². The Morgan fingerprint density at radius 3 is 3.08 bits per heavy atom. The summed E-state index contributed by atoms with van der Waals surface area (Å²) < 4.78 is 12.0. The van der Waals surface area contributed by atoms with E-state index in [2.05, 4.69) is 39.3 Å². The number of fused-ring (bicyclic) bond motifs is 1. The van der Waals surface area contributed by atoms with Gasteiger partial charge in [-0.25, -0.2) is 0 Å². The SMILES string of the molecule is CNC1CCNC(NC2CC3OCOC3C(C3=CCN(C)CCC3)C2)N1. The fourth-order valence-corrected chi connectivity index (χ4v) is 4.94. The maximum atomic E-state index is 6.02. The van der Waals surface area contributed by atoms with Gasteiger partial charge in [-0.05, 0) is 52.7 Å². The van der Waals surface area contributed by atoms with Crippen LogP contribution in [0.25, 0.3) is 0 Å². The summed E-state index contributed by atoms with van der Waals surface area (Å²) >= 11 is 0. The molecule has 2 saturated heterocycles. The fourth-order valence-electron chi connectivity index (χ4n) is 4.94. The standard InChI is InChI=1S/C19H35N5O2/c1-20-17-5-7-21-19(23-17)22-14-10-15(18-16(11-14)25-12-26-18)13-4-3-8-24(2)9-6-13/h6,14-23H,3-5,7-12H2,1-2H3. The Balaban J connectivity index is 1.42. The molecule has 3 heterocycles. The fraction of sp³-hybridized carbons (Fsp3) is 0.895. The highest BCUT2D eigenvalue weighted by Crippen LogP contribution is 2.39. The van der Waals surface area contributed by atoms with E-state index in [9.17, 15) is 0 Å². The number of rotatable bonds is 4. The predicted molar refractivity (Wildman–Crippen MR) is 101 cm³/mol. The van der Waals surface area contributed by atoms with Crippen molar-refractivity contribution in [3.63, 3.8) is 0 Å². The smallest absolute Gasteiger partial charge is 0.147 e. The molecule has 1 aliphatic carbocycles. The van der Waals surface area contributed by atoms with E-state index >= 15 is 0 Å². The maximum absolute atomic E-state index is 6.02. The Labute approximate surface area is 157 Å². The quantitative estimate of drug-likeness (QED) is 0.529. The molecule has 0 aromatic carbocycles. The lowest BCUT2D eigenvalue weighted by Crippen LogP contribution is -2.66. The monoisotopic (exact) mass is 365 g/mol. The van der Waals surface area contributed by atoms with E-state index in [-0.39, 0.29) is 18.5 Å². The molecule has 6 unspecified atom stereocenters. The average Bonchev–Trinajstić information content (AvgIpc) is 3.02. The summed E-state index contributed by atoms with van der Waals surface area (Å²) in [6.07, 6.45) is 9.12. The number of hydrogen-bond acceptors (Lipinski definition) is 7. The van der Waals surface area contributed by atoms with Gasteiger partial charge in [-0.1, -0.05) is 11.6 Å². The summed E-state index contributed by atoms with van der Waals surface area (Å²) in [6, 6.07) is 0.436. The van der Waals surface area contributed by atoms with Crippen molar-refractivity contribution in [2.75, 3.05) is 40.5 Å². The summed E-state index contributed by atoms with van der Waals surface area (Å²) in [7, 11) is 4.22. The van der Waals surface area contributed by atoms with Crippen molar-refractivity contribution in [2.45, 2.75) is 62.8 Å². The highest BCUT2D eigenvalue weighted by atomic mass is 16.7. The second-order valence-corrected chi connectivity index (χ2v) is 8.22. The first-order valence-corrected chi connectivity index (χ1v) is 10.3. The van der Waals surface area contributed by atoms with Crippen LogP contribution in [0.5, 0.6) is 0 Å². The molecule has 0 spiro atoms. The largest absolute Gasteiger partial charge is 0.349 e. The Kier molecular flexibility index (Phi) is 6.25. The zero-order valence-electron chi connectivity index (χ0n) is 16.2. The van der Waals surface area contributed by atoms with Gasteiger partial charge in [0.05, 0.1) is 18.4 Å². The first-order valence-electron chi connectivity index (χ1n) is 10.3. The number of ether oxygens (including phenoxy) is 2. The Bertz CT molecular complexity index is 502. The van der Waals surface area contributed by atoms with Crippen molar-refractivity contribution in [2.24, 2.45) is 5.92 Å². The zero-order chi connectivity index (χ0) is 17.9. The lowest BCUT2D eigenvalue weighted by molar-refractivity contribution is 0.0312. The van der Waals surface area contributed by atoms with Gasteiger partial charge in [0.2, 0.25) is 0 Å². The highest BCUT2D eigenvalue weighted by Gasteiger charge is 2.44. The molecule has 7 nitrogen and oxygen atoms in total. The molecule has 0 amide bonds. The van der Waals surface area contributed by atoms with Crippen LogP contribution >= 0.6 is 0 Å². The molecule has 0 bridgehead atoms. The molecule has 7 heteroatoms. The van der Waals surface area contributed by atoms with Crippen LogP contribution in [0.4, 0.5) is 0 Å². The van der Waals surface area contributed by atoms with Crippen molar-refractivity contribution in [1.29, 1.82) is 0 Å². The van der Waals surface area contributed by atoms with Crippen LogP contribution in [0.15, 0.2) is 11.6 Å². The Hall–Kier alpha value is -0.540. The predicted octanol–water partition coefficient (Wildman–Crippen LogP) is 0.160. The van der Waals surface area contributed by atoms with Crippen LogP contribution in [0, 0.1) is 5.92 Å². The number of nitrogens with one attached hydrogen (secondary N) is 4. The summed E-state index contributed by atoms with van der Waals surface area (Å²) in [5.74, 6) is 0.476. The van der Waals surface area contributed by atoms with Gasteiger partial charge >= 0.3 is 0 Å². The molecule has 6 atom stereocenters. The Morgan fingerprint density at radius 1 is 1.27 bits per heavy atom. The van der Waals surface area contributed by atoms with Gasteiger partial charge in [0.15, 0.2) is 0 Å². The van der Waals surface area contributed by atoms with Gasteiger partial charge in [-0.15, -0.1) is 0 Å². The van der Waals surface area contributed by atoms with E-state index in [1.54, 1.807) is 5.57 Å². The Morgan fingerprint density at radius 2 is 2.19 bits per heavy atom. The summed E-state index contributed by atoms with van der Waals surface area (Å²) in [5, 5.41) is 14.3. The molecule has 1 saturated carbocycles. The third-order valence-corrected chi connectivity index (χ3v) is 6.41. The molecular formula is C19H35N5O2. The molecule has 3 fully saturated rings. The molecule has 0 radical (unpaired) electrons. The molecule has 3 aliphatic heterocycles. The summed E-state index contributed by atoms with van der Waals surface area (Å²) in [5.41, 5.74) is 1.58. The van der Waals surface area contributed by atoms with Crippen molar-refractivity contribution < 1.29 is 9.47 Å². The number of likely N-dealkylation sites (N-methyl/N-ethyl adjacent to an activating group) is 1. The van der Waals surface area contributed by atoms with E-state index in [1.165, 1.54) is 19.4 Å². The average molecular weight is 366 g/mol. The van der Waals surface area contributed by atoms with E-state index in [0.717, 1.165) is 32.4 Å². The van der Waals surface area contributed by atoms with Crippen LogP contribution in [-0.4, -0.2) is 76.1 Å². The van der Waals surface area contributed by atoms with E-state index < -0.39 is 0 Å². The number of nitrogens with zero attached hydrogens (tertiary/aromatic N) is 1. The van der Waals surface area contributed by atoms with Gasteiger partial charge in [-0.2, -0.15) is 0 Å². The lowest BCUT2D eigenvalue weighted by Gasteiger charge is -2.41. The molecule has 0 aromatic rings. The number of hydrogen-bond donors (Lipinski definition) is 4. The molecule has 0 aromatic heterocycles. The van der Waals surface area contributed by atoms with Crippen molar-refractivity contribution in [3.8, 4) is 0 Å². The minimum atomic E-state index is 0.153. The van der Waals surface area contributed by atoms with Gasteiger partial charge in [-0.3, -0.25) is 16.0 Å². The molecule has 26 heavy (non-hydrogen) atoms. The minimum absolute atomic E-state index is 0.153. The van der Waals surface area contributed by atoms with E-state index in [4.69, 9.17) is 9.47 Å². The third kappa shape index (κ3) is 4.30. The van der Waals surface area contributed by atoms with Gasteiger partial charge in [0.1, 0.15) is 13.1 Å². The summed E-state index contributed by atoms with van der Waals surface area (Å²) in [4.78, 5) is 2.41. The first kappa shape index (κ1) is 18.8. The second kappa shape index (κ2) is 8.65. The first-order chi connectivity index (χ1) is 12.7. The van der Waals surface area contributed by atoms with Crippen molar-refractivity contribution >= 4 is 0 Å². The molecule has 4 N–H and O–H groups in total. The highest BCUT2D eigenvalue weighted by molar-refractivity contribution is 5.15. The van der Waals surface area contributed by atoms with Crippen molar-refractivity contribution in [3.05, 3.63) is 11.6 Å². The molecule has 4 rings (SSSR count). The van der Waals surface area contributed by atoms with Gasteiger partial charge in [0, 0.05) is 25.0 Å². The maximum Gasteiger partial charge on any atom is 0.147 e. The molecule has 4 aliphatic rings. The minimum Gasteiger partial charge on any atom is -0.349 e. The van der Waals surface area contributed by atoms with Crippen LogP contribution in [-0.2, 0) is 9.47 Å². The van der Waals surface area contributed by atoms with Gasteiger partial charge < -0.3 is 19.7 Å². The van der Waals surface area contributed by atoms with Crippen LogP contribution in [0.1, 0.15) is 32.1 Å². The van der Waals surface area contributed by atoms with Crippen LogP contribution in [0.2, 0.25) is 0 Å². The van der Waals surface area contributed by atoms with Gasteiger partial charge in [0.25, 0.3) is 0 Å². The third-order valence-electron chi connectivity index (χ3n) is 6.41. The zero-order valence-corrected chi connectivity index (χ0v) is 16.2. The van der Waals surface area contributed by atoms with Crippen molar-refractivity contribution in [1.82, 2.24) is 26.2 Å². The topological polar surface area (TPSA) is 69.8 Å².